The van der Waals surface area contributed by atoms with Gasteiger partial charge in [0.05, 0.1) is 19.9 Å². The van der Waals surface area contributed by atoms with Gasteiger partial charge in [-0.1, -0.05) is 11.6 Å². The molecule has 0 aliphatic carbocycles. The van der Waals surface area contributed by atoms with E-state index in [0.717, 1.165) is 18.8 Å². The fraction of sp³-hybridized carbons (Fsp3) is 0.455. The van der Waals surface area contributed by atoms with Gasteiger partial charge in [-0.25, -0.2) is 0 Å². The van der Waals surface area contributed by atoms with Gasteiger partial charge < -0.3 is 14.8 Å². The highest BCUT2D eigenvalue weighted by atomic mass is 35.5. The molecule has 5 nitrogen and oxygen atoms in total. The maximum absolute atomic E-state index is 6.22. The van der Waals surface area contributed by atoms with Crippen LogP contribution in [0.5, 0.6) is 11.5 Å². The highest BCUT2D eigenvalue weighted by Crippen LogP contribution is 2.36. The first-order valence-corrected chi connectivity index (χ1v) is 5.77. The summed E-state index contributed by atoms with van der Waals surface area (Å²) in [5.74, 6) is 1.29. The van der Waals surface area contributed by atoms with Gasteiger partial charge in [0.15, 0.2) is 0 Å². The van der Waals surface area contributed by atoms with Gasteiger partial charge in [-0.3, -0.25) is 10.6 Å². The van der Waals surface area contributed by atoms with Gasteiger partial charge in [-0.2, -0.15) is 0 Å². The quantitative estimate of drug-likeness (QED) is 0.758. The molecule has 17 heavy (non-hydrogen) atoms. The van der Waals surface area contributed by atoms with E-state index in [0.29, 0.717) is 16.5 Å². The molecule has 1 aromatic carbocycles. The SMILES string of the molecule is COc1cc(NC2NCCN2)c(Cl)c(OC)c1. The zero-order chi connectivity index (χ0) is 12.3. The third kappa shape index (κ3) is 2.74. The Bertz CT molecular complexity index is 395. The van der Waals surface area contributed by atoms with Crippen LogP contribution in [0.3, 0.4) is 0 Å². The van der Waals surface area contributed by atoms with Crippen molar-refractivity contribution in [1.29, 1.82) is 0 Å². The summed E-state index contributed by atoms with van der Waals surface area (Å²) in [5, 5.41) is 10.3. The molecule has 1 aliphatic rings. The Morgan fingerprint density at radius 2 is 1.94 bits per heavy atom. The minimum atomic E-state index is 0.0179. The van der Waals surface area contributed by atoms with Gasteiger partial charge in [0.2, 0.25) is 0 Å². The van der Waals surface area contributed by atoms with E-state index in [1.807, 2.05) is 6.07 Å². The lowest BCUT2D eigenvalue weighted by Crippen LogP contribution is -2.38. The lowest BCUT2D eigenvalue weighted by atomic mass is 10.2. The summed E-state index contributed by atoms with van der Waals surface area (Å²) < 4.78 is 10.4. The van der Waals surface area contributed by atoms with E-state index in [1.165, 1.54) is 0 Å². The van der Waals surface area contributed by atoms with Crippen molar-refractivity contribution in [2.45, 2.75) is 6.29 Å². The molecule has 94 valence electrons. The molecule has 6 heteroatoms. The summed E-state index contributed by atoms with van der Waals surface area (Å²) in [6, 6.07) is 3.59. The number of methoxy groups -OCH3 is 2. The minimum Gasteiger partial charge on any atom is -0.497 e. The number of anilines is 1. The average Bonchev–Trinajstić information content (AvgIpc) is 2.84. The zero-order valence-corrected chi connectivity index (χ0v) is 10.6. The van der Waals surface area contributed by atoms with E-state index in [2.05, 4.69) is 16.0 Å². The standard InChI is InChI=1S/C11H16ClN3O2/c1-16-7-5-8(10(12)9(6-7)17-2)15-11-13-3-4-14-11/h5-6,11,13-15H,3-4H2,1-2H3. The van der Waals surface area contributed by atoms with Gasteiger partial charge in [-0.05, 0) is 0 Å². The van der Waals surface area contributed by atoms with Crippen molar-refractivity contribution in [3.05, 3.63) is 17.2 Å². The molecule has 2 rings (SSSR count). The van der Waals surface area contributed by atoms with Crippen molar-refractivity contribution < 1.29 is 9.47 Å². The number of rotatable bonds is 4. The van der Waals surface area contributed by atoms with Gasteiger partial charge in [-0.15, -0.1) is 0 Å². The molecule has 1 fully saturated rings. The van der Waals surface area contributed by atoms with Gasteiger partial charge >= 0.3 is 0 Å². The second-order valence-electron chi connectivity index (χ2n) is 3.68. The third-order valence-electron chi connectivity index (χ3n) is 2.59. The van der Waals surface area contributed by atoms with Gasteiger partial charge in [0.1, 0.15) is 22.8 Å². The summed E-state index contributed by atoms with van der Waals surface area (Å²) in [4.78, 5) is 0. The molecule has 0 saturated carbocycles. The first-order valence-electron chi connectivity index (χ1n) is 5.39. The Hall–Kier alpha value is -1.17. The van der Waals surface area contributed by atoms with Crippen molar-refractivity contribution in [2.75, 3.05) is 32.6 Å². The molecule has 0 amide bonds. The molecule has 1 saturated heterocycles. The van der Waals surface area contributed by atoms with E-state index in [1.54, 1.807) is 20.3 Å². The second kappa shape index (κ2) is 5.44. The van der Waals surface area contributed by atoms with Gasteiger partial charge in [0.25, 0.3) is 0 Å². The van der Waals surface area contributed by atoms with Crippen LogP contribution in [0.15, 0.2) is 12.1 Å². The summed E-state index contributed by atoms with van der Waals surface area (Å²) in [6.45, 7) is 1.85. The summed E-state index contributed by atoms with van der Waals surface area (Å²) in [7, 11) is 3.19. The number of hydrogen-bond donors (Lipinski definition) is 3. The fourth-order valence-electron chi connectivity index (χ4n) is 1.71. The Kier molecular flexibility index (Phi) is 3.93. The minimum absolute atomic E-state index is 0.0179. The molecule has 0 atom stereocenters. The second-order valence-corrected chi connectivity index (χ2v) is 4.05. The van der Waals surface area contributed by atoms with Crippen molar-refractivity contribution >= 4 is 17.3 Å². The summed E-state index contributed by atoms with van der Waals surface area (Å²) >= 11 is 6.22. The van der Waals surface area contributed by atoms with Crippen LogP contribution in [0.4, 0.5) is 5.69 Å². The average molecular weight is 258 g/mol. The monoisotopic (exact) mass is 257 g/mol. The lowest BCUT2D eigenvalue weighted by molar-refractivity contribution is 0.394. The summed E-state index contributed by atoms with van der Waals surface area (Å²) in [5.41, 5.74) is 0.773. The molecular formula is C11H16ClN3O2. The lowest BCUT2D eigenvalue weighted by Gasteiger charge is -2.18. The maximum atomic E-state index is 6.22. The van der Waals surface area contributed by atoms with E-state index >= 15 is 0 Å². The summed E-state index contributed by atoms with van der Waals surface area (Å²) in [6.07, 6.45) is 0.0179. The molecule has 3 N–H and O–H groups in total. The normalized spacial score (nSPS) is 15.9. The fourth-order valence-corrected chi connectivity index (χ4v) is 1.95. The van der Waals surface area contributed by atoms with Crippen molar-refractivity contribution in [3.63, 3.8) is 0 Å². The van der Waals surface area contributed by atoms with Crippen LogP contribution >= 0.6 is 11.6 Å². The molecular weight excluding hydrogens is 242 g/mol. The predicted molar refractivity (Wildman–Crippen MR) is 68.0 cm³/mol. The van der Waals surface area contributed by atoms with Crippen LogP contribution < -0.4 is 25.4 Å². The number of ether oxygens (including phenoxy) is 2. The van der Waals surface area contributed by atoms with E-state index in [9.17, 15) is 0 Å². The predicted octanol–water partition coefficient (Wildman–Crippen LogP) is 1.25. The van der Waals surface area contributed by atoms with Gasteiger partial charge in [0, 0.05) is 25.2 Å². The zero-order valence-electron chi connectivity index (χ0n) is 9.84. The molecule has 0 radical (unpaired) electrons. The van der Waals surface area contributed by atoms with Crippen LogP contribution in [0.2, 0.25) is 5.02 Å². The molecule has 1 aliphatic heterocycles. The van der Waals surface area contributed by atoms with E-state index < -0.39 is 0 Å². The number of nitrogens with one attached hydrogen (secondary N) is 3. The highest BCUT2D eigenvalue weighted by molar-refractivity contribution is 6.34. The van der Waals surface area contributed by atoms with Crippen molar-refractivity contribution in [2.24, 2.45) is 0 Å². The Balaban J connectivity index is 2.24. The third-order valence-corrected chi connectivity index (χ3v) is 2.98. The molecule has 1 heterocycles. The largest absolute Gasteiger partial charge is 0.497 e. The van der Waals surface area contributed by atoms with Crippen molar-refractivity contribution in [1.82, 2.24) is 10.6 Å². The van der Waals surface area contributed by atoms with Crippen LogP contribution in [-0.4, -0.2) is 33.6 Å². The Labute approximate surface area is 105 Å². The van der Waals surface area contributed by atoms with E-state index in [4.69, 9.17) is 21.1 Å². The van der Waals surface area contributed by atoms with Crippen LogP contribution in [0.1, 0.15) is 0 Å². The molecule has 0 bridgehead atoms. The number of halogens is 1. The Morgan fingerprint density at radius 1 is 1.24 bits per heavy atom. The van der Waals surface area contributed by atoms with Crippen LogP contribution in [-0.2, 0) is 0 Å². The van der Waals surface area contributed by atoms with Crippen molar-refractivity contribution in [3.8, 4) is 11.5 Å². The molecule has 1 aromatic rings. The number of hydrogen-bond acceptors (Lipinski definition) is 5. The molecule has 0 unspecified atom stereocenters. The maximum Gasteiger partial charge on any atom is 0.143 e. The van der Waals surface area contributed by atoms with Crippen LogP contribution in [0.25, 0.3) is 0 Å². The molecule has 0 aromatic heterocycles. The first-order chi connectivity index (χ1) is 8.24. The van der Waals surface area contributed by atoms with Crippen LogP contribution in [0, 0.1) is 0 Å². The molecule has 0 spiro atoms. The first kappa shape index (κ1) is 12.3. The van der Waals surface area contributed by atoms with E-state index in [-0.39, 0.29) is 6.29 Å². The smallest absolute Gasteiger partial charge is 0.143 e. The topological polar surface area (TPSA) is 54.5 Å². The number of benzene rings is 1. The Morgan fingerprint density at radius 3 is 2.53 bits per heavy atom. The highest BCUT2D eigenvalue weighted by Gasteiger charge is 2.16.